The van der Waals surface area contributed by atoms with E-state index in [0.717, 1.165) is 22.3 Å². The second kappa shape index (κ2) is 15.2. The first-order valence-electron chi connectivity index (χ1n) is 14.6. The number of aromatic nitrogens is 3. The summed E-state index contributed by atoms with van der Waals surface area (Å²) in [6.07, 6.45) is -2.29. The van der Waals surface area contributed by atoms with Gasteiger partial charge in [0.1, 0.15) is 11.5 Å². The zero-order valence-corrected chi connectivity index (χ0v) is 25.9. The molecule has 0 radical (unpaired) electrons. The molecule has 0 aliphatic rings. The van der Waals surface area contributed by atoms with E-state index in [9.17, 15) is 19.8 Å². The lowest BCUT2D eigenvalue weighted by molar-refractivity contribution is -0.154. The van der Waals surface area contributed by atoms with Gasteiger partial charge >= 0.3 is 11.9 Å². The second-order valence-corrected chi connectivity index (χ2v) is 10.2. The van der Waals surface area contributed by atoms with E-state index in [1.54, 1.807) is 62.4 Å². The number of hydrogen-bond acceptors (Lipinski definition) is 11. The minimum Gasteiger partial charge on any atom is -0.476 e. The Kier molecular flexibility index (Phi) is 11.2. The Bertz CT molecular complexity index is 1510. The Morgan fingerprint density at radius 3 is 1.38 bits per heavy atom. The first kappa shape index (κ1) is 33.0. The molecule has 0 amide bonds. The number of hydrogen-bond donors (Lipinski definition) is 2. The summed E-state index contributed by atoms with van der Waals surface area (Å²) in [5.41, 5.74) is 5.41. The van der Waals surface area contributed by atoms with E-state index in [2.05, 4.69) is 12.1 Å². The van der Waals surface area contributed by atoms with Crippen molar-refractivity contribution in [2.45, 2.75) is 46.8 Å². The third-order valence-electron chi connectivity index (χ3n) is 6.75. The minimum absolute atomic E-state index is 0.175. The summed E-state index contributed by atoms with van der Waals surface area (Å²) in [5.74, 6) is 0.750. The Hall–Kier alpha value is -4.87. The van der Waals surface area contributed by atoms with Gasteiger partial charge in [0.25, 0.3) is 0 Å². The van der Waals surface area contributed by atoms with Crippen molar-refractivity contribution in [3.05, 3.63) is 77.4 Å². The van der Waals surface area contributed by atoms with E-state index < -0.39 is 37.4 Å². The molecule has 4 aromatic rings. The molecule has 2 atom stereocenters. The van der Waals surface area contributed by atoms with Crippen molar-refractivity contribution < 1.29 is 38.7 Å². The van der Waals surface area contributed by atoms with Gasteiger partial charge in [-0.15, -0.1) is 0 Å². The van der Waals surface area contributed by atoms with Crippen LogP contribution in [0.5, 0.6) is 11.5 Å². The third-order valence-corrected chi connectivity index (χ3v) is 6.75. The fourth-order valence-corrected chi connectivity index (χ4v) is 4.76. The first-order valence-corrected chi connectivity index (χ1v) is 14.6. The number of aliphatic hydroxyl groups is 2. The number of benzene rings is 3. The van der Waals surface area contributed by atoms with Crippen LogP contribution in [0.1, 0.15) is 30.5 Å². The molecule has 2 N–H and O–H groups in total. The first-order chi connectivity index (χ1) is 21.7. The standard InChI is InChI=1S/C34H37N3O8/c1-6-42-33(40)27(18-38)44-25-12-8-23(9-13-25)30-35-31(37-32(36-30)29-21(4)16-20(3)17-22(29)5)24-10-14-26(15-11-24)45-28(19-39)34(41)43-7-2/h8-17,27-28,38-39H,6-7,18-19H2,1-5H3. The van der Waals surface area contributed by atoms with Gasteiger partial charge in [-0.05, 0) is 94.3 Å². The van der Waals surface area contributed by atoms with Crippen molar-refractivity contribution in [3.8, 4) is 45.7 Å². The topological polar surface area (TPSA) is 150 Å². The SMILES string of the molecule is CCOC(=O)C(CO)Oc1ccc(-c2nc(-c3ccc(OC(CO)C(=O)OCC)cc3)nc(-c3c(C)cc(C)cc3C)n2)cc1. The van der Waals surface area contributed by atoms with Gasteiger partial charge in [0, 0.05) is 16.7 Å². The smallest absolute Gasteiger partial charge is 0.349 e. The van der Waals surface area contributed by atoms with E-state index >= 15 is 0 Å². The number of carbonyl (C=O) groups is 2. The maximum atomic E-state index is 12.1. The van der Waals surface area contributed by atoms with E-state index in [1.807, 2.05) is 20.8 Å². The third kappa shape index (κ3) is 8.20. The van der Waals surface area contributed by atoms with Gasteiger partial charge in [-0.3, -0.25) is 0 Å². The van der Waals surface area contributed by atoms with Crippen LogP contribution >= 0.6 is 0 Å². The molecule has 1 heterocycles. The molecule has 0 aliphatic heterocycles. The van der Waals surface area contributed by atoms with E-state index in [0.29, 0.717) is 40.1 Å². The molecular weight excluding hydrogens is 578 g/mol. The molecule has 2 unspecified atom stereocenters. The van der Waals surface area contributed by atoms with Crippen LogP contribution in [0.3, 0.4) is 0 Å². The van der Waals surface area contributed by atoms with Crippen LogP contribution in [0, 0.1) is 20.8 Å². The fourth-order valence-electron chi connectivity index (χ4n) is 4.76. The number of aryl methyl sites for hydroxylation is 3. The average Bonchev–Trinajstić information content (AvgIpc) is 3.02. The van der Waals surface area contributed by atoms with Crippen LogP contribution < -0.4 is 9.47 Å². The van der Waals surface area contributed by atoms with Crippen LogP contribution in [0.15, 0.2) is 60.7 Å². The largest absolute Gasteiger partial charge is 0.476 e. The number of carbonyl (C=O) groups excluding carboxylic acids is 2. The van der Waals surface area contributed by atoms with Crippen LogP contribution in [-0.2, 0) is 19.1 Å². The van der Waals surface area contributed by atoms with Gasteiger partial charge in [0.05, 0.1) is 26.4 Å². The van der Waals surface area contributed by atoms with E-state index in [1.165, 1.54) is 0 Å². The molecule has 0 aliphatic carbocycles. The summed E-state index contributed by atoms with van der Waals surface area (Å²) in [4.78, 5) is 38.5. The molecule has 0 saturated heterocycles. The van der Waals surface area contributed by atoms with Crippen LogP contribution in [0.25, 0.3) is 34.2 Å². The average molecular weight is 616 g/mol. The monoisotopic (exact) mass is 615 g/mol. The van der Waals surface area contributed by atoms with Crippen molar-refractivity contribution in [1.82, 2.24) is 15.0 Å². The van der Waals surface area contributed by atoms with Gasteiger partial charge in [0.15, 0.2) is 17.5 Å². The van der Waals surface area contributed by atoms with Crippen molar-refractivity contribution in [2.24, 2.45) is 0 Å². The van der Waals surface area contributed by atoms with Crippen LogP contribution in [0.2, 0.25) is 0 Å². The van der Waals surface area contributed by atoms with Gasteiger partial charge in [-0.25, -0.2) is 24.5 Å². The minimum atomic E-state index is -1.14. The van der Waals surface area contributed by atoms with Crippen molar-refractivity contribution in [2.75, 3.05) is 26.4 Å². The van der Waals surface area contributed by atoms with Crippen molar-refractivity contribution in [1.29, 1.82) is 0 Å². The van der Waals surface area contributed by atoms with Gasteiger partial charge in [-0.2, -0.15) is 0 Å². The number of nitrogens with zero attached hydrogens (tertiary/aromatic N) is 3. The summed E-state index contributed by atoms with van der Waals surface area (Å²) in [6.45, 7) is 8.72. The molecule has 0 saturated carbocycles. The normalized spacial score (nSPS) is 12.2. The van der Waals surface area contributed by atoms with Gasteiger partial charge in [-0.1, -0.05) is 17.7 Å². The summed E-state index contributed by atoms with van der Waals surface area (Å²) >= 11 is 0. The number of rotatable bonds is 13. The maximum absolute atomic E-state index is 12.1. The van der Waals surface area contributed by atoms with Gasteiger partial charge < -0.3 is 29.2 Å². The Morgan fingerprint density at radius 1 is 0.644 bits per heavy atom. The molecule has 0 bridgehead atoms. The summed E-state index contributed by atoms with van der Waals surface area (Å²) in [6, 6.07) is 17.8. The highest BCUT2D eigenvalue weighted by molar-refractivity contribution is 5.76. The lowest BCUT2D eigenvalue weighted by Gasteiger charge is -2.16. The number of esters is 2. The van der Waals surface area contributed by atoms with Crippen LogP contribution in [-0.4, -0.2) is 75.7 Å². The predicted molar refractivity (Wildman–Crippen MR) is 167 cm³/mol. The molecular formula is C34H37N3O8. The Morgan fingerprint density at radius 2 is 1.02 bits per heavy atom. The molecule has 0 spiro atoms. The molecule has 11 heteroatoms. The fraction of sp³-hybridized carbons (Fsp3) is 0.324. The summed E-state index contributed by atoms with van der Waals surface area (Å²) in [5, 5.41) is 19.2. The molecule has 45 heavy (non-hydrogen) atoms. The predicted octanol–water partition coefficient (Wildman–Crippen LogP) is 4.40. The maximum Gasteiger partial charge on any atom is 0.349 e. The molecule has 3 aromatic carbocycles. The second-order valence-electron chi connectivity index (χ2n) is 10.2. The Labute approximate surface area is 261 Å². The van der Waals surface area contributed by atoms with E-state index in [4.69, 9.17) is 33.9 Å². The van der Waals surface area contributed by atoms with Gasteiger partial charge in [0.2, 0.25) is 12.2 Å². The molecule has 1 aromatic heterocycles. The molecule has 0 fully saturated rings. The van der Waals surface area contributed by atoms with Crippen molar-refractivity contribution >= 4 is 11.9 Å². The quantitative estimate of drug-likeness (QED) is 0.206. The van der Waals surface area contributed by atoms with Crippen LogP contribution in [0.4, 0.5) is 0 Å². The molecule has 11 nitrogen and oxygen atoms in total. The summed E-state index contributed by atoms with van der Waals surface area (Å²) in [7, 11) is 0. The number of aliphatic hydroxyl groups excluding tert-OH is 2. The Balaban J connectivity index is 1.71. The highest BCUT2D eigenvalue weighted by Gasteiger charge is 2.22. The summed E-state index contributed by atoms with van der Waals surface area (Å²) < 4.78 is 21.2. The highest BCUT2D eigenvalue weighted by atomic mass is 16.6. The lowest BCUT2D eigenvalue weighted by Crippen LogP contribution is -2.32. The lowest BCUT2D eigenvalue weighted by atomic mass is 9.99. The zero-order valence-electron chi connectivity index (χ0n) is 25.9. The van der Waals surface area contributed by atoms with Crippen molar-refractivity contribution in [3.63, 3.8) is 0 Å². The zero-order chi connectivity index (χ0) is 32.5. The molecule has 4 rings (SSSR count). The van der Waals surface area contributed by atoms with E-state index in [-0.39, 0.29) is 13.2 Å². The molecule has 236 valence electrons. The number of ether oxygens (including phenoxy) is 4. The highest BCUT2D eigenvalue weighted by Crippen LogP contribution is 2.31.